The van der Waals surface area contributed by atoms with Gasteiger partial charge in [0.05, 0.1) is 12.1 Å². The normalized spacial score (nSPS) is 18.3. The summed E-state index contributed by atoms with van der Waals surface area (Å²) in [7, 11) is 1.78. The van der Waals surface area contributed by atoms with Crippen LogP contribution in [-0.4, -0.2) is 32.7 Å². The number of ether oxygens (including phenoxy) is 1. The van der Waals surface area contributed by atoms with Crippen molar-refractivity contribution in [2.24, 2.45) is 0 Å². The number of likely N-dealkylation sites (N-methyl/N-ethyl adjacent to an activating group) is 1. The molecule has 0 aliphatic carbocycles. The minimum Gasteiger partial charge on any atom is -0.381 e. The summed E-state index contributed by atoms with van der Waals surface area (Å²) in [6.07, 6.45) is 1.65. The molecule has 4 heteroatoms. The van der Waals surface area contributed by atoms with Crippen LogP contribution in [0.4, 0.5) is 0 Å². The summed E-state index contributed by atoms with van der Waals surface area (Å²) in [6.45, 7) is 1.72. The van der Waals surface area contributed by atoms with Crippen LogP contribution in [0.1, 0.15) is 18.4 Å². The molecule has 2 N–H and O–H groups in total. The number of nitrogens with one attached hydrogen (secondary N) is 2. The van der Waals surface area contributed by atoms with Crippen LogP contribution >= 0.6 is 0 Å². The van der Waals surface area contributed by atoms with E-state index in [1.54, 1.807) is 7.05 Å². The summed E-state index contributed by atoms with van der Waals surface area (Å²) in [5, 5.41) is 6.05. The highest BCUT2D eigenvalue weighted by Gasteiger charge is 2.35. The van der Waals surface area contributed by atoms with Crippen molar-refractivity contribution in [1.82, 2.24) is 10.6 Å². The van der Waals surface area contributed by atoms with Gasteiger partial charge in [0.1, 0.15) is 0 Å². The van der Waals surface area contributed by atoms with Crippen molar-refractivity contribution in [2.75, 3.05) is 26.8 Å². The van der Waals surface area contributed by atoms with Gasteiger partial charge >= 0.3 is 0 Å². The fraction of sp³-hybridized carbons (Fsp3) is 0.500. The lowest BCUT2D eigenvalue weighted by Crippen LogP contribution is -2.51. The Kier molecular flexibility index (Phi) is 4.33. The number of hydrogen-bond acceptors (Lipinski definition) is 3. The molecule has 1 amide bonds. The van der Waals surface area contributed by atoms with Crippen molar-refractivity contribution >= 4 is 5.91 Å². The largest absolute Gasteiger partial charge is 0.381 e. The predicted molar refractivity (Wildman–Crippen MR) is 70.2 cm³/mol. The summed E-state index contributed by atoms with van der Waals surface area (Å²) < 4.78 is 5.42. The van der Waals surface area contributed by atoms with E-state index in [0.29, 0.717) is 19.8 Å². The fourth-order valence-electron chi connectivity index (χ4n) is 2.43. The van der Waals surface area contributed by atoms with E-state index in [4.69, 9.17) is 4.74 Å². The van der Waals surface area contributed by atoms with Gasteiger partial charge in [-0.15, -0.1) is 0 Å². The average molecular weight is 248 g/mol. The molecule has 2 rings (SSSR count). The van der Waals surface area contributed by atoms with Crippen molar-refractivity contribution in [1.29, 1.82) is 0 Å². The molecule has 0 bridgehead atoms. The quantitative estimate of drug-likeness (QED) is 0.836. The molecule has 1 aliphatic heterocycles. The molecule has 1 fully saturated rings. The average Bonchev–Trinajstić information content (AvgIpc) is 2.41. The van der Waals surface area contributed by atoms with Gasteiger partial charge in [0, 0.05) is 13.2 Å². The third kappa shape index (κ3) is 2.89. The van der Waals surface area contributed by atoms with Gasteiger partial charge in [0.15, 0.2) is 0 Å². The van der Waals surface area contributed by atoms with Crippen LogP contribution < -0.4 is 10.6 Å². The number of benzene rings is 1. The summed E-state index contributed by atoms with van der Waals surface area (Å²) in [5.74, 6) is 0.0308. The number of rotatable bonds is 4. The Morgan fingerprint density at radius 2 is 1.94 bits per heavy atom. The van der Waals surface area contributed by atoms with Gasteiger partial charge in [-0.25, -0.2) is 0 Å². The molecule has 1 saturated heterocycles. The van der Waals surface area contributed by atoms with E-state index < -0.39 is 0 Å². The molecule has 0 spiro atoms. The van der Waals surface area contributed by atoms with E-state index in [2.05, 4.69) is 22.8 Å². The van der Waals surface area contributed by atoms with Gasteiger partial charge in [0.2, 0.25) is 5.91 Å². The van der Waals surface area contributed by atoms with E-state index in [1.165, 1.54) is 0 Å². The maximum Gasteiger partial charge on any atom is 0.234 e. The lowest BCUT2D eigenvalue weighted by molar-refractivity contribution is -0.123. The Bertz CT molecular complexity index is 386. The zero-order valence-electron chi connectivity index (χ0n) is 10.7. The molecule has 0 saturated carbocycles. The smallest absolute Gasteiger partial charge is 0.234 e. The second-order valence-electron chi connectivity index (χ2n) is 4.64. The van der Waals surface area contributed by atoms with Gasteiger partial charge in [-0.2, -0.15) is 0 Å². The first-order chi connectivity index (χ1) is 8.77. The van der Waals surface area contributed by atoms with E-state index in [-0.39, 0.29) is 11.4 Å². The van der Waals surface area contributed by atoms with Gasteiger partial charge in [-0.3, -0.25) is 4.79 Å². The number of hydrogen-bond donors (Lipinski definition) is 2. The standard InChI is InChI=1S/C14H20N2O2/c1-15-11-13(17)16-14(7-9-18-10-8-14)12-5-3-2-4-6-12/h2-6,15H,7-11H2,1H3,(H,16,17). The molecule has 4 nitrogen and oxygen atoms in total. The predicted octanol–water partition coefficient (Wildman–Crippen LogP) is 1.03. The van der Waals surface area contributed by atoms with Gasteiger partial charge in [-0.05, 0) is 25.5 Å². The molecule has 0 unspecified atom stereocenters. The zero-order valence-corrected chi connectivity index (χ0v) is 10.7. The van der Waals surface area contributed by atoms with Crippen molar-refractivity contribution in [3.8, 4) is 0 Å². The number of carbonyl (C=O) groups is 1. The van der Waals surface area contributed by atoms with Crippen LogP contribution in [0, 0.1) is 0 Å². The Labute approximate surface area is 108 Å². The van der Waals surface area contributed by atoms with E-state index in [9.17, 15) is 4.79 Å². The van der Waals surface area contributed by atoms with Gasteiger partial charge < -0.3 is 15.4 Å². The molecule has 1 aromatic rings. The third-order valence-electron chi connectivity index (χ3n) is 3.39. The lowest BCUT2D eigenvalue weighted by Gasteiger charge is -2.38. The molecule has 18 heavy (non-hydrogen) atoms. The molecule has 1 aromatic carbocycles. The van der Waals surface area contributed by atoms with Crippen molar-refractivity contribution in [2.45, 2.75) is 18.4 Å². The fourth-order valence-corrected chi connectivity index (χ4v) is 2.43. The first kappa shape index (κ1) is 13.1. The minimum absolute atomic E-state index is 0.0308. The monoisotopic (exact) mass is 248 g/mol. The summed E-state index contributed by atoms with van der Waals surface area (Å²) in [6, 6.07) is 10.2. The highest BCUT2D eigenvalue weighted by atomic mass is 16.5. The molecule has 0 aromatic heterocycles. The van der Waals surface area contributed by atoms with Gasteiger partial charge in [0.25, 0.3) is 0 Å². The summed E-state index contributed by atoms with van der Waals surface area (Å²) in [5.41, 5.74) is 0.894. The maximum absolute atomic E-state index is 11.9. The number of carbonyl (C=O) groups excluding carboxylic acids is 1. The van der Waals surface area contributed by atoms with Crippen molar-refractivity contribution in [3.05, 3.63) is 35.9 Å². The van der Waals surface area contributed by atoms with Crippen molar-refractivity contribution in [3.63, 3.8) is 0 Å². The van der Waals surface area contributed by atoms with Crippen LogP contribution in [0.3, 0.4) is 0 Å². The summed E-state index contributed by atoms with van der Waals surface area (Å²) >= 11 is 0. The second-order valence-corrected chi connectivity index (χ2v) is 4.64. The SMILES string of the molecule is CNCC(=O)NC1(c2ccccc2)CCOCC1. The molecular formula is C14H20N2O2. The Morgan fingerprint density at radius 3 is 2.56 bits per heavy atom. The minimum atomic E-state index is -0.270. The highest BCUT2D eigenvalue weighted by Crippen LogP contribution is 2.31. The first-order valence-corrected chi connectivity index (χ1v) is 6.36. The molecule has 98 valence electrons. The van der Waals surface area contributed by atoms with Crippen LogP contribution in [0.5, 0.6) is 0 Å². The molecular weight excluding hydrogens is 228 g/mol. The molecule has 0 atom stereocenters. The molecule has 1 heterocycles. The molecule has 0 radical (unpaired) electrons. The van der Waals surface area contributed by atoms with E-state index in [1.807, 2.05) is 18.2 Å². The van der Waals surface area contributed by atoms with Crippen LogP contribution in [0.2, 0.25) is 0 Å². The maximum atomic E-state index is 11.9. The topological polar surface area (TPSA) is 50.4 Å². The van der Waals surface area contributed by atoms with E-state index >= 15 is 0 Å². The van der Waals surface area contributed by atoms with Crippen LogP contribution in [0.15, 0.2) is 30.3 Å². The lowest BCUT2D eigenvalue weighted by atomic mass is 9.82. The Hall–Kier alpha value is -1.39. The third-order valence-corrected chi connectivity index (χ3v) is 3.39. The van der Waals surface area contributed by atoms with Crippen molar-refractivity contribution < 1.29 is 9.53 Å². The molecule has 1 aliphatic rings. The van der Waals surface area contributed by atoms with E-state index in [0.717, 1.165) is 18.4 Å². The number of amides is 1. The summed E-state index contributed by atoms with van der Waals surface area (Å²) in [4.78, 5) is 11.9. The second kappa shape index (κ2) is 5.98. The van der Waals surface area contributed by atoms with Crippen LogP contribution in [-0.2, 0) is 15.1 Å². The highest BCUT2D eigenvalue weighted by molar-refractivity contribution is 5.79. The van der Waals surface area contributed by atoms with Gasteiger partial charge in [-0.1, -0.05) is 30.3 Å². The Morgan fingerprint density at radius 1 is 1.28 bits per heavy atom. The van der Waals surface area contributed by atoms with Crippen LogP contribution in [0.25, 0.3) is 0 Å². The Balaban J connectivity index is 2.20. The first-order valence-electron chi connectivity index (χ1n) is 6.36. The zero-order chi connectivity index (χ0) is 12.8.